The second kappa shape index (κ2) is 8.05. The van der Waals surface area contributed by atoms with Gasteiger partial charge in [-0.25, -0.2) is 0 Å². The van der Waals surface area contributed by atoms with Gasteiger partial charge in [0.15, 0.2) is 0 Å². The van der Waals surface area contributed by atoms with E-state index in [0.29, 0.717) is 13.2 Å². The number of nitrogens with zero attached hydrogens (tertiary/aromatic N) is 3. The highest BCUT2D eigenvalue weighted by atomic mass is 16.5. The summed E-state index contributed by atoms with van der Waals surface area (Å²) in [6.45, 7) is 4.59. The Bertz CT molecular complexity index is 385. The number of ether oxygens (including phenoxy) is 3. The Balaban J connectivity index is 2.73. The molecule has 6 nitrogen and oxygen atoms in total. The maximum absolute atomic E-state index is 5.31. The number of hydrogen-bond acceptors (Lipinski definition) is 6. The van der Waals surface area contributed by atoms with Crippen molar-refractivity contribution >= 4 is 0 Å². The molecule has 0 aliphatic heterocycles. The minimum absolute atomic E-state index is 0.163. The molecule has 0 bridgehead atoms. The zero-order chi connectivity index (χ0) is 13.2. The summed E-state index contributed by atoms with van der Waals surface area (Å²) in [4.78, 5) is 11.9. The highest BCUT2D eigenvalue weighted by Gasteiger charge is 2.08. The first kappa shape index (κ1) is 14.0. The lowest BCUT2D eigenvalue weighted by Crippen LogP contribution is -2.06. The Kier molecular flexibility index (Phi) is 6.24. The van der Waals surface area contributed by atoms with Gasteiger partial charge in [-0.15, -0.1) is 15.0 Å². The fraction of sp³-hybridized carbons (Fsp3) is 0.417. The van der Waals surface area contributed by atoms with Crippen LogP contribution in [0.2, 0.25) is 0 Å². The van der Waals surface area contributed by atoms with Gasteiger partial charge in [0.25, 0.3) is 0 Å². The maximum atomic E-state index is 5.31. The number of rotatable bonds is 7. The van der Waals surface area contributed by atoms with Crippen LogP contribution in [-0.4, -0.2) is 35.3 Å². The third kappa shape index (κ3) is 4.82. The van der Waals surface area contributed by atoms with Gasteiger partial charge in [-0.1, -0.05) is 24.3 Å². The molecular formula is C12H17N3O3. The van der Waals surface area contributed by atoms with E-state index in [9.17, 15) is 0 Å². The SMILES string of the molecule is CC=CCOc1nc(OC)nc(OCC=CC)n1. The van der Waals surface area contributed by atoms with E-state index >= 15 is 0 Å². The molecule has 0 N–H and O–H groups in total. The molecule has 6 heteroatoms. The van der Waals surface area contributed by atoms with Gasteiger partial charge < -0.3 is 14.2 Å². The number of aromatic nitrogens is 3. The van der Waals surface area contributed by atoms with E-state index in [2.05, 4.69) is 15.0 Å². The van der Waals surface area contributed by atoms with Crippen molar-refractivity contribution in [3.05, 3.63) is 24.3 Å². The van der Waals surface area contributed by atoms with Crippen molar-refractivity contribution in [2.45, 2.75) is 13.8 Å². The quantitative estimate of drug-likeness (QED) is 0.688. The molecule has 0 aromatic carbocycles. The summed E-state index contributed by atoms with van der Waals surface area (Å²) in [6.07, 6.45) is 7.44. The largest absolute Gasteiger partial charge is 0.467 e. The lowest BCUT2D eigenvalue weighted by molar-refractivity contribution is 0.278. The number of methoxy groups -OCH3 is 1. The van der Waals surface area contributed by atoms with Crippen LogP contribution >= 0.6 is 0 Å². The van der Waals surface area contributed by atoms with Gasteiger partial charge in [0, 0.05) is 0 Å². The van der Waals surface area contributed by atoms with Crippen molar-refractivity contribution in [2.75, 3.05) is 20.3 Å². The van der Waals surface area contributed by atoms with E-state index in [1.165, 1.54) is 7.11 Å². The van der Waals surface area contributed by atoms with Gasteiger partial charge in [0.05, 0.1) is 7.11 Å². The smallest absolute Gasteiger partial charge is 0.326 e. The molecule has 0 unspecified atom stereocenters. The Morgan fingerprint density at radius 2 is 1.28 bits per heavy atom. The first-order valence-corrected chi connectivity index (χ1v) is 5.58. The topological polar surface area (TPSA) is 66.4 Å². The van der Waals surface area contributed by atoms with E-state index < -0.39 is 0 Å². The summed E-state index contributed by atoms with van der Waals surface area (Å²) in [6, 6.07) is 0.516. The molecule has 0 aliphatic carbocycles. The van der Waals surface area contributed by atoms with Crippen LogP contribution in [0.15, 0.2) is 24.3 Å². The summed E-state index contributed by atoms with van der Waals surface area (Å²) in [5.41, 5.74) is 0. The molecule has 0 saturated heterocycles. The summed E-state index contributed by atoms with van der Waals surface area (Å²) in [5, 5.41) is 0. The number of allylic oxidation sites excluding steroid dienone is 2. The second-order valence-electron chi connectivity index (χ2n) is 3.15. The Morgan fingerprint density at radius 3 is 1.67 bits per heavy atom. The Morgan fingerprint density at radius 1 is 0.833 bits per heavy atom. The molecule has 98 valence electrons. The average Bonchev–Trinajstić information content (AvgIpc) is 2.39. The van der Waals surface area contributed by atoms with Crippen LogP contribution in [0.3, 0.4) is 0 Å². The molecule has 0 amide bonds. The molecular weight excluding hydrogens is 234 g/mol. The fourth-order valence-electron chi connectivity index (χ4n) is 0.979. The fourth-order valence-corrected chi connectivity index (χ4v) is 0.979. The van der Waals surface area contributed by atoms with Crippen LogP contribution in [0.4, 0.5) is 0 Å². The van der Waals surface area contributed by atoms with Crippen LogP contribution < -0.4 is 14.2 Å². The molecule has 1 rings (SSSR count). The third-order valence-corrected chi connectivity index (χ3v) is 1.85. The van der Waals surface area contributed by atoms with Crippen molar-refractivity contribution in [1.29, 1.82) is 0 Å². The Labute approximate surface area is 106 Å². The average molecular weight is 251 g/mol. The number of hydrogen-bond donors (Lipinski definition) is 0. The van der Waals surface area contributed by atoms with E-state index in [1.54, 1.807) is 0 Å². The van der Waals surface area contributed by atoms with Gasteiger partial charge in [-0.05, 0) is 13.8 Å². The van der Waals surface area contributed by atoms with Crippen molar-refractivity contribution < 1.29 is 14.2 Å². The maximum Gasteiger partial charge on any atom is 0.326 e. The van der Waals surface area contributed by atoms with Crippen LogP contribution in [0.25, 0.3) is 0 Å². The molecule has 0 aliphatic rings. The highest BCUT2D eigenvalue weighted by molar-refractivity contribution is 5.09. The predicted octanol–water partition coefficient (Wildman–Crippen LogP) is 1.79. The minimum Gasteiger partial charge on any atom is -0.467 e. The van der Waals surface area contributed by atoms with Gasteiger partial charge in [-0.2, -0.15) is 0 Å². The molecule has 1 aromatic heterocycles. The van der Waals surface area contributed by atoms with Crippen molar-refractivity contribution in [1.82, 2.24) is 15.0 Å². The molecule has 1 heterocycles. The van der Waals surface area contributed by atoms with Crippen molar-refractivity contribution in [3.8, 4) is 18.0 Å². The zero-order valence-corrected chi connectivity index (χ0v) is 10.8. The van der Waals surface area contributed by atoms with Gasteiger partial charge >= 0.3 is 18.0 Å². The Hall–Kier alpha value is -2.11. The van der Waals surface area contributed by atoms with E-state index in [0.717, 1.165) is 0 Å². The summed E-state index contributed by atoms with van der Waals surface area (Å²) in [7, 11) is 1.47. The van der Waals surface area contributed by atoms with Crippen LogP contribution in [0, 0.1) is 0 Å². The second-order valence-corrected chi connectivity index (χ2v) is 3.15. The summed E-state index contributed by atoms with van der Waals surface area (Å²) < 4.78 is 15.6. The first-order chi connectivity index (χ1) is 8.80. The van der Waals surface area contributed by atoms with Crippen LogP contribution in [0.1, 0.15) is 13.8 Å². The first-order valence-electron chi connectivity index (χ1n) is 5.58. The van der Waals surface area contributed by atoms with Crippen LogP contribution in [-0.2, 0) is 0 Å². The summed E-state index contributed by atoms with van der Waals surface area (Å²) >= 11 is 0. The van der Waals surface area contributed by atoms with Gasteiger partial charge in [0.2, 0.25) is 0 Å². The summed E-state index contributed by atoms with van der Waals surface area (Å²) in [5.74, 6) is 0. The molecule has 0 spiro atoms. The molecule has 18 heavy (non-hydrogen) atoms. The predicted molar refractivity (Wildman–Crippen MR) is 67.0 cm³/mol. The van der Waals surface area contributed by atoms with E-state index in [-0.39, 0.29) is 18.0 Å². The van der Waals surface area contributed by atoms with Crippen molar-refractivity contribution in [3.63, 3.8) is 0 Å². The van der Waals surface area contributed by atoms with Crippen LogP contribution in [0.5, 0.6) is 18.0 Å². The molecule has 0 saturated carbocycles. The van der Waals surface area contributed by atoms with Crippen molar-refractivity contribution in [2.24, 2.45) is 0 Å². The van der Waals surface area contributed by atoms with E-state index in [1.807, 2.05) is 38.2 Å². The lowest BCUT2D eigenvalue weighted by Gasteiger charge is -2.06. The van der Waals surface area contributed by atoms with Gasteiger partial charge in [-0.3, -0.25) is 0 Å². The van der Waals surface area contributed by atoms with Gasteiger partial charge in [0.1, 0.15) is 13.2 Å². The zero-order valence-electron chi connectivity index (χ0n) is 10.8. The standard InChI is InChI=1S/C12H17N3O3/c1-4-6-8-17-11-13-10(16-3)14-12(15-11)18-9-7-5-2/h4-7H,8-9H2,1-3H3. The highest BCUT2D eigenvalue weighted by Crippen LogP contribution is 2.14. The lowest BCUT2D eigenvalue weighted by atomic mass is 10.6. The van der Waals surface area contributed by atoms with E-state index in [4.69, 9.17) is 14.2 Å². The monoisotopic (exact) mass is 251 g/mol. The molecule has 1 aromatic rings. The molecule has 0 fully saturated rings. The molecule has 0 radical (unpaired) electrons. The minimum atomic E-state index is 0.163. The molecule has 0 atom stereocenters. The third-order valence-electron chi connectivity index (χ3n) is 1.85. The normalized spacial score (nSPS) is 11.1.